The molecule has 3 N–H and O–H groups in total. The van der Waals surface area contributed by atoms with Gasteiger partial charge < -0.3 is 15.7 Å². The number of aryl methyl sites for hydroxylation is 1. The molecule has 2 rings (SSSR count). The fourth-order valence-corrected chi connectivity index (χ4v) is 2.62. The monoisotopic (exact) mass is 308 g/mol. The first-order chi connectivity index (χ1) is 10.3. The van der Waals surface area contributed by atoms with Gasteiger partial charge in [-0.1, -0.05) is 26.8 Å². The number of carbonyl (C=O) groups excluding carboxylic acids is 1. The molecule has 4 nitrogen and oxygen atoms in total. The molecule has 0 spiro atoms. The van der Waals surface area contributed by atoms with Crippen LogP contribution in [0.25, 0.3) is 0 Å². The number of aliphatic hydroxyl groups excluding tert-OH is 1. The van der Waals surface area contributed by atoms with Crippen molar-refractivity contribution in [2.75, 3.05) is 6.54 Å². The summed E-state index contributed by atoms with van der Waals surface area (Å²) in [6.45, 7) is 5.93. The van der Waals surface area contributed by atoms with Crippen molar-refractivity contribution in [1.29, 1.82) is 0 Å². The molecule has 0 aliphatic heterocycles. The number of amides is 2. The highest BCUT2D eigenvalue weighted by molar-refractivity contribution is 5.74. The van der Waals surface area contributed by atoms with Crippen LogP contribution in [0.4, 0.5) is 9.18 Å². The summed E-state index contributed by atoms with van der Waals surface area (Å²) in [4.78, 5) is 12.0. The summed E-state index contributed by atoms with van der Waals surface area (Å²) in [5, 5.41) is 15.5. The van der Waals surface area contributed by atoms with E-state index >= 15 is 0 Å². The molecule has 0 fully saturated rings. The van der Waals surface area contributed by atoms with Gasteiger partial charge in [-0.3, -0.25) is 0 Å². The van der Waals surface area contributed by atoms with Crippen LogP contribution in [0.15, 0.2) is 18.2 Å². The van der Waals surface area contributed by atoms with Crippen molar-refractivity contribution in [2.45, 2.75) is 52.2 Å². The van der Waals surface area contributed by atoms with Crippen molar-refractivity contribution in [2.24, 2.45) is 5.41 Å². The molecule has 0 saturated heterocycles. The summed E-state index contributed by atoms with van der Waals surface area (Å²) in [7, 11) is 0. The average Bonchev–Trinajstić information content (AvgIpc) is 2.44. The second-order valence-corrected chi connectivity index (χ2v) is 7.02. The van der Waals surface area contributed by atoms with Crippen molar-refractivity contribution >= 4 is 6.03 Å². The number of halogens is 1. The van der Waals surface area contributed by atoms with Crippen molar-refractivity contribution in [3.63, 3.8) is 0 Å². The lowest BCUT2D eigenvalue weighted by atomic mass is 9.87. The average molecular weight is 308 g/mol. The van der Waals surface area contributed by atoms with Gasteiger partial charge in [0.15, 0.2) is 0 Å². The van der Waals surface area contributed by atoms with E-state index < -0.39 is 6.10 Å². The topological polar surface area (TPSA) is 61.4 Å². The lowest BCUT2D eigenvalue weighted by Crippen LogP contribution is -2.45. The number of carbonyl (C=O) groups is 1. The number of hydrogen-bond acceptors (Lipinski definition) is 2. The third-order valence-corrected chi connectivity index (χ3v) is 4.18. The van der Waals surface area contributed by atoms with E-state index in [4.69, 9.17) is 0 Å². The molecule has 0 radical (unpaired) electrons. The van der Waals surface area contributed by atoms with Crippen LogP contribution in [-0.2, 0) is 6.42 Å². The van der Waals surface area contributed by atoms with Gasteiger partial charge in [-0.25, -0.2) is 9.18 Å². The van der Waals surface area contributed by atoms with Gasteiger partial charge in [-0.05, 0) is 47.9 Å². The molecule has 0 heterocycles. The Morgan fingerprint density at radius 1 is 1.45 bits per heavy atom. The van der Waals surface area contributed by atoms with Gasteiger partial charge in [0.1, 0.15) is 5.82 Å². The van der Waals surface area contributed by atoms with Crippen molar-refractivity contribution in [3.8, 4) is 0 Å². The molecular weight excluding hydrogens is 283 g/mol. The minimum Gasteiger partial charge on any atom is -0.391 e. The number of fused-ring (bicyclic) bond motifs is 1. The second-order valence-electron chi connectivity index (χ2n) is 7.02. The van der Waals surface area contributed by atoms with Crippen LogP contribution < -0.4 is 10.6 Å². The fourth-order valence-electron chi connectivity index (χ4n) is 2.62. The number of aliphatic hydroxyl groups is 1. The van der Waals surface area contributed by atoms with Crippen LogP contribution in [0, 0.1) is 11.2 Å². The largest absolute Gasteiger partial charge is 0.391 e. The molecule has 1 aromatic rings. The molecule has 1 aliphatic rings. The summed E-state index contributed by atoms with van der Waals surface area (Å²) >= 11 is 0. The molecule has 2 amide bonds. The molecule has 0 saturated carbocycles. The molecule has 0 aromatic heterocycles. The van der Waals surface area contributed by atoms with E-state index in [9.17, 15) is 14.3 Å². The Hall–Kier alpha value is -1.62. The molecule has 122 valence electrons. The molecule has 2 atom stereocenters. The predicted octanol–water partition coefficient (Wildman–Crippen LogP) is 2.91. The third-order valence-electron chi connectivity index (χ3n) is 4.18. The lowest BCUT2D eigenvalue weighted by molar-refractivity contribution is 0.0648. The fraction of sp³-hybridized carbons (Fsp3) is 0.588. The van der Waals surface area contributed by atoms with E-state index in [1.165, 1.54) is 12.1 Å². The molecular formula is C17H25FN2O2. The van der Waals surface area contributed by atoms with E-state index in [0.29, 0.717) is 0 Å². The summed E-state index contributed by atoms with van der Waals surface area (Å²) in [6, 6.07) is 4.25. The minimum absolute atomic E-state index is 0.175. The van der Waals surface area contributed by atoms with E-state index in [2.05, 4.69) is 10.6 Å². The van der Waals surface area contributed by atoms with Crippen molar-refractivity contribution in [3.05, 3.63) is 35.1 Å². The van der Waals surface area contributed by atoms with E-state index in [1.807, 2.05) is 20.8 Å². The van der Waals surface area contributed by atoms with Crippen LogP contribution in [0.1, 0.15) is 50.8 Å². The predicted molar refractivity (Wildman–Crippen MR) is 84.1 cm³/mol. The maximum atomic E-state index is 13.4. The van der Waals surface area contributed by atoms with Gasteiger partial charge >= 0.3 is 6.03 Å². The van der Waals surface area contributed by atoms with Crippen LogP contribution in [0.3, 0.4) is 0 Å². The zero-order chi connectivity index (χ0) is 16.3. The molecule has 5 heteroatoms. The summed E-state index contributed by atoms with van der Waals surface area (Å²) in [6.07, 6.45) is 2.06. The van der Waals surface area contributed by atoms with Gasteiger partial charge in [0.25, 0.3) is 0 Å². The normalized spacial score (nSPS) is 19.2. The Bertz CT molecular complexity index is 540. The molecule has 2 unspecified atom stereocenters. The Labute approximate surface area is 131 Å². The molecule has 1 aromatic carbocycles. The third kappa shape index (κ3) is 4.19. The lowest BCUT2D eigenvalue weighted by Gasteiger charge is -2.28. The highest BCUT2D eigenvalue weighted by atomic mass is 19.1. The van der Waals surface area contributed by atoms with Crippen LogP contribution in [0.5, 0.6) is 0 Å². The van der Waals surface area contributed by atoms with Crippen LogP contribution in [0.2, 0.25) is 0 Å². The quantitative estimate of drug-likeness (QED) is 0.804. The summed E-state index contributed by atoms with van der Waals surface area (Å²) in [5.74, 6) is -0.281. The van der Waals surface area contributed by atoms with Gasteiger partial charge in [0, 0.05) is 6.54 Å². The maximum Gasteiger partial charge on any atom is 0.315 e. The first kappa shape index (κ1) is 16.7. The molecule has 22 heavy (non-hydrogen) atoms. The second kappa shape index (κ2) is 6.65. The Balaban J connectivity index is 1.95. The van der Waals surface area contributed by atoms with E-state index in [1.54, 1.807) is 6.07 Å². The van der Waals surface area contributed by atoms with Gasteiger partial charge in [0.2, 0.25) is 0 Å². The maximum absolute atomic E-state index is 13.4. The SMILES string of the molecule is CC(C)(C)C(O)CNC(=O)NC1CCCc2ccc(F)cc21. The van der Waals surface area contributed by atoms with E-state index in [-0.39, 0.29) is 29.8 Å². The van der Waals surface area contributed by atoms with Gasteiger partial charge in [-0.15, -0.1) is 0 Å². The Kier molecular flexibility index (Phi) is 5.06. The first-order valence-electron chi connectivity index (χ1n) is 7.78. The Morgan fingerprint density at radius 2 is 2.18 bits per heavy atom. The molecule has 1 aliphatic carbocycles. The standard InChI is InChI=1S/C17H25FN2O2/c1-17(2,3)15(21)10-19-16(22)20-14-6-4-5-11-7-8-12(18)9-13(11)14/h7-9,14-15,21H,4-6,10H2,1-3H3,(H2,19,20,22). The van der Waals surface area contributed by atoms with Gasteiger partial charge in [-0.2, -0.15) is 0 Å². The van der Waals surface area contributed by atoms with Crippen LogP contribution in [-0.4, -0.2) is 23.8 Å². The van der Waals surface area contributed by atoms with Gasteiger partial charge in [0.05, 0.1) is 12.1 Å². The number of hydrogen-bond donors (Lipinski definition) is 3. The summed E-state index contributed by atoms with van der Waals surface area (Å²) < 4.78 is 13.4. The van der Waals surface area contributed by atoms with E-state index in [0.717, 1.165) is 30.4 Å². The minimum atomic E-state index is -0.616. The summed E-state index contributed by atoms with van der Waals surface area (Å²) in [5.41, 5.74) is 1.67. The highest BCUT2D eigenvalue weighted by Crippen LogP contribution is 2.30. The number of rotatable bonds is 3. The van der Waals surface area contributed by atoms with Crippen molar-refractivity contribution in [1.82, 2.24) is 10.6 Å². The smallest absolute Gasteiger partial charge is 0.315 e. The molecule has 0 bridgehead atoms. The number of urea groups is 1. The number of nitrogens with one attached hydrogen (secondary N) is 2. The first-order valence-corrected chi connectivity index (χ1v) is 7.78. The van der Waals surface area contributed by atoms with Crippen LogP contribution >= 0.6 is 0 Å². The number of benzene rings is 1. The highest BCUT2D eigenvalue weighted by Gasteiger charge is 2.25. The zero-order valence-electron chi connectivity index (χ0n) is 13.4. The Morgan fingerprint density at radius 3 is 2.86 bits per heavy atom. The zero-order valence-corrected chi connectivity index (χ0v) is 13.4. The van der Waals surface area contributed by atoms with Crippen molar-refractivity contribution < 1.29 is 14.3 Å².